The highest BCUT2D eigenvalue weighted by atomic mass is 16.3. The van der Waals surface area contributed by atoms with Crippen LogP contribution < -0.4 is 11.5 Å². The molecule has 0 heterocycles. The molecule has 1 amide bonds. The van der Waals surface area contributed by atoms with E-state index in [0.29, 0.717) is 11.3 Å². The third-order valence-corrected chi connectivity index (χ3v) is 2.65. The van der Waals surface area contributed by atoms with E-state index in [-0.39, 0.29) is 6.42 Å². The zero-order valence-electron chi connectivity index (χ0n) is 9.76. The van der Waals surface area contributed by atoms with Crippen LogP contribution in [0, 0.1) is 0 Å². The zero-order valence-corrected chi connectivity index (χ0v) is 9.76. The van der Waals surface area contributed by atoms with Crippen molar-refractivity contribution in [1.29, 1.82) is 0 Å². The van der Waals surface area contributed by atoms with Crippen LogP contribution in [-0.2, 0) is 11.2 Å². The summed E-state index contributed by atoms with van der Waals surface area (Å²) in [6.07, 6.45) is -1.93. The molecule has 0 aliphatic carbocycles. The van der Waals surface area contributed by atoms with Crippen LogP contribution in [-0.4, -0.2) is 22.2 Å². The lowest BCUT2D eigenvalue weighted by Gasteiger charge is -2.19. The van der Waals surface area contributed by atoms with Gasteiger partial charge in [0, 0.05) is 11.3 Å². The number of anilines is 1. The number of primary amides is 1. The Kier molecular flexibility index (Phi) is 4.48. The highest BCUT2D eigenvalue weighted by Crippen LogP contribution is 2.25. The molecule has 0 aliphatic rings. The lowest BCUT2D eigenvalue weighted by atomic mass is 9.97. The molecule has 0 saturated heterocycles. The molecule has 17 heavy (non-hydrogen) atoms. The maximum Gasteiger partial charge on any atom is 0.220 e. The second-order valence-electron chi connectivity index (χ2n) is 4.00. The van der Waals surface area contributed by atoms with Crippen LogP contribution in [0.4, 0.5) is 5.69 Å². The summed E-state index contributed by atoms with van der Waals surface area (Å²) in [5, 5.41) is 19.5. The molecule has 0 aromatic heterocycles. The van der Waals surface area contributed by atoms with E-state index >= 15 is 0 Å². The Morgan fingerprint density at radius 3 is 2.59 bits per heavy atom. The molecule has 1 aromatic rings. The van der Waals surface area contributed by atoms with E-state index in [0.717, 1.165) is 12.0 Å². The van der Waals surface area contributed by atoms with E-state index in [1.165, 1.54) is 0 Å². The molecule has 6 N–H and O–H groups in total. The topological polar surface area (TPSA) is 110 Å². The summed E-state index contributed by atoms with van der Waals surface area (Å²) >= 11 is 0. The lowest BCUT2D eigenvalue weighted by molar-refractivity contribution is -0.121. The van der Waals surface area contributed by atoms with Crippen LogP contribution in [0.15, 0.2) is 18.2 Å². The Morgan fingerprint density at radius 2 is 2.06 bits per heavy atom. The zero-order chi connectivity index (χ0) is 13.0. The van der Waals surface area contributed by atoms with E-state index in [1.807, 2.05) is 13.0 Å². The maximum atomic E-state index is 10.7. The lowest BCUT2D eigenvalue weighted by Crippen LogP contribution is -2.26. The van der Waals surface area contributed by atoms with E-state index in [9.17, 15) is 15.0 Å². The first-order valence-corrected chi connectivity index (χ1v) is 5.48. The fourth-order valence-corrected chi connectivity index (χ4v) is 1.63. The molecule has 2 atom stereocenters. The van der Waals surface area contributed by atoms with Gasteiger partial charge in [0.1, 0.15) is 6.10 Å². The Labute approximate surface area is 100 Å². The second-order valence-corrected chi connectivity index (χ2v) is 4.00. The first-order chi connectivity index (χ1) is 7.95. The largest absolute Gasteiger partial charge is 0.398 e. The molecule has 0 bridgehead atoms. The van der Waals surface area contributed by atoms with Crippen LogP contribution in [0.5, 0.6) is 0 Å². The minimum atomic E-state index is -1.23. The van der Waals surface area contributed by atoms with Crippen LogP contribution in [0.3, 0.4) is 0 Å². The van der Waals surface area contributed by atoms with Gasteiger partial charge < -0.3 is 21.7 Å². The van der Waals surface area contributed by atoms with Gasteiger partial charge in [-0.2, -0.15) is 0 Å². The SMILES string of the molecule is CCc1ccc(N)c(C(O)C(O)CC(N)=O)c1. The predicted molar refractivity (Wildman–Crippen MR) is 65.0 cm³/mol. The van der Waals surface area contributed by atoms with Gasteiger partial charge in [0.25, 0.3) is 0 Å². The van der Waals surface area contributed by atoms with E-state index in [2.05, 4.69) is 0 Å². The predicted octanol–water partition coefficient (Wildman–Crippen LogP) is 0.101. The van der Waals surface area contributed by atoms with Crippen molar-refractivity contribution in [3.63, 3.8) is 0 Å². The molecule has 0 spiro atoms. The Hall–Kier alpha value is -1.59. The highest BCUT2D eigenvalue weighted by molar-refractivity contribution is 5.74. The average Bonchev–Trinajstić information content (AvgIpc) is 2.28. The number of benzene rings is 1. The molecule has 94 valence electrons. The minimum absolute atomic E-state index is 0.295. The molecule has 5 heteroatoms. The van der Waals surface area contributed by atoms with E-state index in [4.69, 9.17) is 11.5 Å². The maximum absolute atomic E-state index is 10.7. The molecule has 1 aromatic carbocycles. The second kappa shape index (κ2) is 5.65. The average molecular weight is 238 g/mol. The van der Waals surface area contributed by atoms with Crippen molar-refractivity contribution in [2.45, 2.75) is 32.0 Å². The molecule has 0 saturated carbocycles. The number of aliphatic hydroxyl groups excluding tert-OH is 2. The third kappa shape index (κ3) is 3.44. The number of carbonyl (C=O) groups excluding carboxylic acids is 1. The van der Waals surface area contributed by atoms with Crippen LogP contribution >= 0.6 is 0 Å². The van der Waals surface area contributed by atoms with Gasteiger partial charge in [0.15, 0.2) is 0 Å². The summed E-state index contributed by atoms with van der Waals surface area (Å²) in [7, 11) is 0. The minimum Gasteiger partial charge on any atom is -0.398 e. The first-order valence-electron chi connectivity index (χ1n) is 5.48. The van der Waals surface area contributed by atoms with Gasteiger partial charge in [-0.3, -0.25) is 4.79 Å². The summed E-state index contributed by atoms with van der Waals surface area (Å²) in [4.78, 5) is 10.7. The Balaban J connectivity index is 2.94. The van der Waals surface area contributed by atoms with Gasteiger partial charge in [-0.05, 0) is 18.1 Å². The van der Waals surface area contributed by atoms with Crippen molar-refractivity contribution in [3.8, 4) is 0 Å². The van der Waals surface area contributed by atoms with Crippen molar-refractivity contribution in [2.24, 2.45) is 5.73 Å². The Morgan fingerprint density at radius 1 is 1.41 bits per heavy atom. The van der Waals surface area contributed by atoms with Gasteiger partial charge in [-0.25, -0.2) is 0 Å². The summed E-state index contributed by atoms with van der Waals surface area (Å²) in [6, 6.07) is 5.25. The van der Waals surface area contributed by atoms with Crippen molar-refractivity contribution in [2.75, 3.05) is 5.73 Å². The molecule has 2 unspecified atom stereocenters. The number of aliphatic hydroxyl groups is 2. The van der Waals surface area contributed by atoms with Crippen molar-refractivity contribution in [1.82, 2.24) is 0 Å². The summed E-state index contributed by atoms with van der Waals surface area (Å²) < 4.78 is 0. The number of nitrogens with two attached hydrogens (primary N) is 2. The smallest absolute Gasteiger partial charge is 0.220 e. The normalized spacial score (nSPS) is 14.3. The quantitative estimate of drug-likeness (QED) is 0.545. The monoisotopic (exact) mass is 238 g/mol. The number of hydrogen-bond acceptors (Lipinski definition) is 4. The summed E-state index contributed by atoms with van der Waals surface area (Å²) in [5.41, 5.74) is 12.5. The molecular formula is C12H18N2O3. The molecule has 0 fully saturated rings. The van der Waals surface area contributed by atoms with Gasteiger partial charge in [0.05, 0.1) is 12.5 Å². The van der Waals surface area contributed by atoms with Gasteiger partial charge >= 0.3 is 0 Å². The van der Waals surface area contributed by atoms with Gasteiger partial charge in [-0.15, -0.1) is 0 Å². The standard InChI is InChI=1S/C12H18N2O3/c1-2-7-3-4-9(13)8(5-7)12(17)10(15)6-11(14)16/h3-5,10,12,15,17H,2,6,13H2,1H3,(H2,14,16). The summed E-state index contributed by atoms with van der Waals surface area (Å²) in [5.74, 6) is -0.665. The number of aryl methyl sites for hydroxylation is 1. The first kappa shape index (κ1) is 13.5. The van der Waals surface area contributed by atoms with E-state index in [1.54, 1.807) is 12.1 Å². The fourth-order valence-electron chi connectivity index (χ4n) is 1.63. The number of amides is 1. The highest BCUT2D eigenvalue weighted by Gasteiger charge is 2.22. The van der Waals surface area contributed by atoms with Gasteiger partial charge in [0.2, 0.25) is 5.91 Å². The molecule has 5 nitrogen and oxygen atoms in total. The summed E-state index contributed by atoms with van der Waals surface area (Å²) in [6.45, 7) is 1.97. The van der Waals surface area contributed by atoms with Crippen LogP contribution in [0.2, 0.25) is 0 Å². The van der Waals surface area contributed by atoms with Crippen molar-refractivity contribution in [3.05, 3.63) is 29.3 Å². The molecule has 1 rings (SSSR count). The van der Waals surface area contributed by atoms with Crippen LogP contribution in [0.25, 0.3) is 0 Å². The number of carbonyl (C=O) groups is 1. The Bertz CT molecular complexity index is 407. The fraction of sp³-hybridized carbons (Fsp3) is 0.417. The molecular weight excluding hydrogens is 220 g/mol. The molecule has 0 radical (unpaired) electrons. The third-order valence-electron chi connectivity index (χ3n) is 2.65. The number of hydrogen-bond donors (Lipinski definition) is 4. The number of rotatable bonds is 5. The molecule has 0 aliphatic heterocycles. The number of nitrogen functional groups attached to an aromatic ring is 1. The van der Waals surface area contributed by atoms with Crippen LogP contribution in [0.1, 0.15) is 30.6 Å². The van der Waals surface area contributed by atoms with Gasteiger partial charge in [-0.1, -0.05) is 19.1 Å². The van der Waals surface area contributed by atoms with Crippen molar-refractivity contribution >= 4 is 11.6 Å². The van der Waals surface area contributed by atoms with E-state index < -0.39 is 18.1 Å². The van der Waals surface area contributed by atoms with Crippen molar-refractivity contribution < 1.29 is 15.0 Å².